The van der Waals surface area contributed by atoms with Crippen LogP contribution >= 0.6 is 11.6 Å². The van der Waals surface area contributed by atoms with E-state index < -0.39 is 5.60 Å². The van der Waals surface area contributed by atoms with Gasteiger partial charge in [-0.05, 0) is 69.0 Å². The lowest BCUT2D eigenvalue weighted by molar-refractivity contribution is 0.0545. The average molecular weight is 464 g/mol. The molecule has 4 aromatic rings. The van der Waals surface area contributed by atoms with Gasteiger partial charge in [0.15, 0.2) is 0 Å². The lowest BCUT2D eigenvalue weighted by Gasteiger charge is -2.16. The minimum atomic E-state index is -0.706. The monoisotopic (exact) mass is 463 g/mol. The summed E-state index contributed by atoms with van der Waals surface area (Å²) in [6.07, 6.45) is 4.59. The van der Waals surface area contributed by atoms with Crippen molar-refractivity contribution in [2.24, 2.45) is 5.92 Å². The standard InChI is InChI=1S/C26H26ClN3O3/c1-16-25(21-13-22(21)26(2,3)32)28-23-9-8-19(14-30(16)23)29-11-10-20(12-24(29)31)33-15-17-4-6-18(27)7-5-17/h4-12,14,21-22,32H,13,15H2,1-3H3. The number of hydrogen-bond acceptors (Lipinski definition) is 4. The lowest BCUT2D eigenvalue weighted by Crippen LogP contribution is -2.22. The molecule has 0 radical (unpaired) electrons. The molecule has 2 atom stereocenters. The Morgan fingerprint density at radius 3 is 2.61 bits per heavy atom. The zero-order chi connectivity index (χ0) is 23.3. The van der Waals surface area contributed by atoms with Gasteiger partial charge < -0.3 is 14.2 Å². The van der Waals surface area contributed by atoms with Gasteiger partial charge in [-0.3, -0.25) is 9.36 Å². The molecule has 1 N–H and O–H groups in total. The first-order valence-corrected chi connectivity index (χ1v) is 11.4. The fraction of sp³-hybridized carbons (Fsp3) is 0.308. The topological polar surface area (TPSA) is 68.8 Å². The summed E-state index contributed by atoms with van der Waals surface area (Å²) in [6, 6.07) is 14.5. The van der Waals surface area contributed by atoms with Gasteiger partial charge in [-0.15, -0.1) is 0 Å². The quantitative estimate of drug-likeness (QED) is 0.441. The van der Waals surface area contributed by atoms with Crippen LogP contribution in [0, 0.1) is 12.8 Å². The first-order valence-electron chi connectivity index (χ1n) is 11.0. The van der Waals surface area contributed by atoms with Crippen LogP contribution in [0.3, 0.4) is 0 Å². The van der Waals surface area contributed by atoms with E-state index in [0.717, 1.165) is 34.7 Å². The normalized spacial score (nSPS) is 18.0. The molecule has 0 spiro atoms. The van der Waals surface area contributed by atoms with Crippen molar-refractivity contribution in [2.45, 2.75) is 45.3 Å². The van der Waals surface area contributed by atoms with Gasteiger partial charge in [0, 0.05) is 35.1 Å². The first kappa shape index (κ1) is 21.7. The highest BCUT2D eigenvalue weighted by molar-refractivity contribution is 6.30. The van der Waals surface area contributed by atoms with Crippen molar-refractivity contribution in [3.05, 3.63) is 93.3 Å². The zero-order valence-corrected chi connectivity index (χ0v) is 19.6. The third-order valence-corrected chi connectivity index (χ3v) is 6.67. The minimum absolute atomic E-state index is 0.176. The van der Waals surface area contributed by atoms with Gasteiger partial charge in [-0.25, -0.2) is 4.98 Å². The molecule has 0 aliphatic heterocycles. The molecular formula is C26H26ClN3O3. The number of ether oxygens (including phenoxy) is 1. The molecule has 1 saturated carbocycles. The summed E-state index contributed by atoms with van der Waals surface area (Å²) in [6.45, 7) is 6.11. The van der Waals surface area contributed by atoms with Crippen LogP contribution in [0.1, 0.15) is 43.1 Å². The van der Waals surface area contributed by atoms with E-state index in [1.165, 1.54) is 6.07 Å². The van der Waals surface area contributed by atoms with Crippen LogP contribution in [0.2, 0.25) is 5.02 Å². The molecule has 0 amide bonds. The van der Waals surface area contributed by atoms with Gasteiger partial charge in [0.1, 0.15) is 18.0 Å². The molecule has 33 heavy (non-hydrogen) atoms. The Morgan fingerprint density at radius 2 is 1.94 bits per heavy atom. The number of imidazole rings is 1. The predicted octanol–water partition coefficient (Wildman–Crippen LogP) is 4.90. The molecule has 5 rings (SSSR count). The number of aryl methyl sites for hydroxylation is 1. The molecule has 2 unspecified atom stereocenters. The van der Waals surface area contributed by atoms with Crippen LogP contribution in [0.25, 0.3) is 11.3 Å². The van der Waals surface area contributed by atoms with Crippen molar-refractivity contribution in [3.8, 4) is 11.4 Å². The van der Waals surface area contributed by atoms with Crippen molar-refractivity contribution in [1.29, 1.82) is 0 Å². The van der Waals surface area contributed by atoms with Crippen LogP contribution in [0.5, 0.6) is 5.75 Å². The van der Waals surface area contributed by atoms with Gasteiger partial charge in [0.05, 0.1) is 17.0 Å². The summed E-state index contributed by atoms with van der Waals surface area (Å²) in [5.41, 5.74) is 3.75. The van der Waals surface area contributed by atoms with E-state index in [9.17, 15) is 9.90 Å². The maximum Gasteiger partial charge on any atom is 0.258 e. The van der Waals surface area contributed by atoms with E-state index in [-0.39, 0.29) is 17.4 Å². The number of nitrogens with zero attached hydrogens (tertiary/aromatic N) is 3. The van der Waals surface area contributed by atoms with Gasteiger partial charge >= 0.3 is 0 Å². The minimum Gasteiger partial charge on any atom is -0.489 e. The fourth-order valence-electron chi connectivity index (χ4n) is 4.45. The number of pyridine rings is 2. The van der Waals surface area contributed by atoms with Gasteiger partial charge in [0.25, 0.3) is 5.56 Å². The van der Waals surface area contributed by atoms with Crippen molar-refractivity contribution >= 4 is 17.2 Å². The predicted molar refractivity (Wildman–Crippen MR) is 128 cm³/mol. The first-order chi connectivity index (χ1) is 15.7. The Morgan fingerprint density at radius 1 is 1.18 bits per heavy atom. The van der Waals surface area contributed by atoms with Crippen LogP contribution in [0.4, 0.5) is 0 Å². The molecule has 1 aliphatic rings. The molecule has 3 aromatic heterocycles. The van der Waals surface area contributed by atoms with Crippen molar-refractivity contribution in [3.63, 3.8) is 0 Å². The second-order valence-electron chi connectivity index (χ2n) is 9.29. The van der Waals surface area contributed by atoms with Crippen molar-refractivity contribution in [1.82, 2.24) is 14.0 Å². The van der Waals surface area contributed by atoms with E-state index in [4.69, 9.17) is 21.3 Å². The van der Waals surface area contributed by atoms with E-state index >= 15 is 0 Å². The summed E-state index contributed by atoms with van der Waals surface area (Å²) in [5, 5.41) is 11.0. The summed E-state index contributed by atoms with van der Waals surface area (Å²) < 4.78 is 9.38. The van der Waals surface area contributed by atoms with Crippen LogP contribution in [-0.4, -0.2) is 24.7 Å². The number of aromatic nitrogens is 3. The van der Waals surface area contributed by atoms with Crippen molar-refractivity contribution < 1.29 is 9.84 Å². The molecule has 6 nitrogen and oxygen atoms in total. The van der Waals surface area contributed by atoms with Crippen LogP contribution in [-0.2, 0) is 6.61 Å². The number of halogens is 1. The number of fused-ring (bicyclic) bond motifs is 1. The Bertz CT molecular complexity index is 1380. The van der Waals surface area contributed by atoms with Gasteiger partial charge in [-0.2, -0.15) is 0 Å². The molecule has 1 aromatic carbocycles. The Labute approximate surface area is 197 Å². The van der Waals surface area contributed by atoms with Crippen molar-refractivity contribution in [2.75, 3.05) is 0 Å². The van der Waals surface area contributed by atoms with Crippen LogP contribution < -0.4 is 10.3 Å². The average Bonchev–Trinajstić information content (AvgIpc) is 3.52. The highest BCUT2D eigenvalue weighted by atomic mass is 35.5. The second kappa shape index (κ2) is 8.04. The van der Waals surface area contributed by atoms with E-state index in [1.807, 2.05) is 67.8 Å². The molecule has 1 aliphatic carbocycles. The van der Waals surface area contributed by atoms with E-state index in [2.05, 4.69) is 0 Å². The summed E-state index contributed by atoms with van der Waals surface area (Å²) in [4.78, 5) is 17.6. The van der Waals surface area contributed by atoms with E-state index in [1.54, 1.807) is 16.8 Å². The highest BCUT2D eigenvalue weighted by Gasteiger charge is 2.49. The second-order valence-corrected chi connectivity index (χ2v) is 9.72. The molecule has 1 fully saturated rings. The summed E-state index contributed by atoms with van der Waals surface area (Å²) in [5.74, 6) is 1.01. The maximum atomic E-state index is 12.8. The number of aliphatic hydroxyl groups is 1. The molecule has 7 heteroatoms. The van der Waals surface area contributed by atoms with Crippen LogP contribution in [0.15, 0.2) is 65.7 Å². The third kappa shape index (κ3) is 4.28. The maximum absolute atomic E-state index is 12.8. The summed E-state index contributed by atoms with van der Waals surface area (Å²) >= 11 is 5.91. The molecular weight excluding hydrogens is 438 g/mol. The number of benzene rings is 1. The molecule has 3 heterocycles. The SMILES string of the molecule is Cc1c(C2CC2C(C)(C)O)nc2ccc(-n3ccc(OCc4ccc(Cl)cc4)cc3=O)cn12. The molecule has 0 bridgehead atoms. The number of hydrogen-bond donors (Lipinski definition) is 1. The Balaban J connectivity index is 1.38. The van der Waals surface area contributed by atoms with E-state index in [0.29, 0.717) is 17.4 Å². The number of rotatable bonds is 6. The largest absolute Gasteiger partial charge is 0.489 e. The molecule has 0 saturated heterocycles. The van der Waals surface area contributed by atoms with Gasteiger partial charge in [0.2, 0.25) is 0 Å². The third-order valence-electron chi connectivity index (χ3n) is 6.42. The fourth-order valence-corrected chi connectivity index (χ4v) is 4.58. The Kier molecular flexibility index (Phi) is 5.30. The van der Waals surface area contributed by atoms with Gasteiger partial charge in [-0.1, -0.05) is 23.7 Å². The molecule has 170 valence electrons. The highest BCUT2D eigenvalue weighted by Crippen LogP contribution is 2.53. The summed E-state index contributed by atoms with van der Waals surface area (Å²) in [7, 11) is 0. The zero-order valence-electron chi connectivity index (χ0n) is 18.8. The lowest BCUT2D eigenvalue weighted by atomic mass is 10.0. The Hall–Kier alpha value is -3.09. The smallest absolute Gasteiger partial charge is 0.258 e.